The molecule has 0 fully saturated rings. The van der Waals surface area contributed by atoms with Gasteiger partial charge in [-0.1, -0.05) is 115 Å². The van der Waals surface area contributed by atoms with Crippen LogP contribution in [-0.2, 0) is 4.57 Å². The third-order valence-electron chi connectivity index (χ3n) is 7.47. The minimum absolute atomic E-state index is 0.219. The number of phenolic OH excluding ortho intramolecular Hbond substituents is 1. The fourth-order valence-electron chi connectivity index (χ4n) is 5.17. The van der Waals surface area contributed by atoms with Gasteiger partial charge in [0, 0.05) is 21.5 Å². The largest absolute Gasteiger partial charge is 0.507 e. The van der Waals surface area contributed by atoms with Gasteiger partial charge in [-0.25, -0.2) is 0 Å². The number of hydrogen-bond donors (Lipinski definition) is 1. The van der Waals surface area contributed by atoms with Gasteiger partial charge >= 0.3 is 0 Å². The van der Waals surface area contributed by atoms with Crippen molar-refractivity contribution in [1.82, 2.24) is 0 Å². The van der Waals surface area contributed by atoms with Crippen molar-refractivity contribution in [3.05, 3.63) is 145 Å². The third kappa shape index (κ3) is 4.99. The van der Waals surface area contributed by atoms with Crippen molar-refractivity contribution in [2.75, 3.05) is 0 Å². The summed E-state index contributed by atoms with van der Waals surface area (Å²) in [7, 11) is -3.13. The highest BCUT2D eigenvalue weighted by Crippen LogP contribution is 2.44. The predicted octanol–water partition coefficient (Wildman–Crippen LogP) is 8.88. The standard InChI is InChI=1S/C36H29N2O2P/c1-25-17-19-28(36-32-16-10-9-11-27(32)20-22-35(36)39)23-33(25)37-38-34-24-31(21-18-26(34)2)41(40,29-12-5-3-6-13-29)30-14-7-4-8-15-30/h3-24,39H,1-2H3. The molecule has 4 nitrogen and oxygen atoms in total. The van der Waals surface area contributed by atoms with Crippen molar-refractivity contribution in [3.63, 3.8) is 0 Å². The lowest BCUT2D eigenvalue weighted by Crippen LogP contribution is -2.24. The van der Waals surface area contributed by atoms with E-state index >= 15 is 0 Å². The molecule has 0 atom stereocenters. The Balaban J connectivity index is 1.43. The molecule has 6 aromatic rings. The van der Waals surface area contributed by atoms with Gasteiger partial charge in [0.05, 0.1) is 11.4 Å². The molecule has 0 aliphatic carbocycles. The highest BCUT2D eigenvalue weighted by molar-refractivity contribution is 7.85. The molecule has 1 N–H and O–H groups in total. The first-order valence-electron chi connectivity index (χ1n) is 13.5. The van der Waals surface area contributed by atoms with Crippen LogP contribution in [0.2, 0.25) is 0 Å². The Morgan fingerprint density at radius 1 is 0.561 bits per heavy atom. The number of fused-ring (bicyclic) bond motifs is 1. The van der Waals surface area contributed by atoms with Gasteiger partial charge in [0.15, 0.2) is 7.14 Å². The number of azo groups is 1. The molecule has 41 heavy (non-hydrogen) atoms. The first-order chi connectivity index (χ1) is 19.9. The van der Waals surface area contributed by atoms with Crippen LogP contribution in [-0.4, -0.2) is 5.11 Å². The van der Waals surface area contributed by atoms with E-state index in [9.17, 15) is 9.67 Å². The number of hydrogen-bond acceptors (Lipinski definition) is 4. The second-order valence-electron chi connectivity index (χ2n) is 10.1. The second-order valence-corrected chi connectivity index (χ2v) is 12.9. The Morgan fingerprint density at radius 2 is 1.12 bits per heavy atom. The van der Waals surface area contributed by atoms with Gasteiger partial charge in [0.2, 0.25) is 0 Å². The van der Waals surface area contributed by atoms with Crippen LogP contribution >= 0.6 is 7.14 Å². The second kappa shape index (κ2) is 11.0. The highest BCUT2D eigenvalue weighted by Gasteiger charge is 2.30. The summed E-state index contributed by atoms with van der Waals surface area (Å²) in [5.74, 6) is 0.219. The molecule has 5 heteroatoms. The molecular weight excluding hydrogens is 523 g/mol. The Hall–Kier alpha value is -4.79. The van der Waals surface area contributed by atoms with Crippen molar-refractivity contribution in [2.45, 2.75) is 13.8 Å². The molecule has 0 bridgehead atoms. The first kappa shape index (κ1) is 26.4. The zero-order valence-electron chi connectivity index (χ0n) is 22.9. The van der Waals surface area contributed by atoms with Crippen molar-refractivity contribution in [3.8, 4) is 16.9 Å². The van der Waals surface area contributed by atoms with Gasteiger partial charge in [0.25, 0.3) is 0 Å². The molecule has 0 amide bonds. The smallest absolute Gasteiger partial charge is 0.171 e. The predicted molar refractivity (Wildman–Crippen MR) is 171 cm³/mol. The van der Waals surface area contributed by atoms with Crippen LogP contribution in [0.5, 0.6) is 5.75 Å². The Labute approximate surface area is 240 Å². The third-order valence-corrected chi connectivity index (χ3v) is 10.5. The molecule has 0 aliphatic rings. The minimum atomic E-state index is -3.13. The van der Waals surface area contributed by atoms with E-state index in [0.29, 0.717) is 16.7 Å². The fourth-order valence-corrected chi connectivity index (χ4v) is 7.84. The molecule has 6 aromatic carbocycles. The summed E-state index contributed by atoms with van der Waals surface area (Å²) in [4.78, 5) is 0. The summed E-state index contributed by atoms with van der Waals surface area (Å²) in [5, 5.41) is 24.4. The molecule has 0 saturated carbocycles. The molecule has 0 radical (unpaired) electrons. The number of benzene rings is 6. The number of nitrogens with zero attached hydrogens (tertiary/aromatic N) is 2. The topological polar surface area (TPSA) is 62.0 Å². The summed E-state index contributed by atoms with van der Waals surface area (Å²) in [6.07, 6.45) is 0. The zero-order chi connectivity index (χ0) is 28.4. The summed E-state index contributed by atoms with van der Waals surface area (Å²) >= 11 is 0. The van der Waals surface area contributed by atoms with Crippen LogP contribution in [0.25, 0.3) is 21.9 Å². The summed E-state index contributed by atoms with van der Waals surface area (Å²) < 4.78 is 14.9. The minimum Gasteiger partial charge on any atom is -0.507 e. The Morgan fingerprint density at radius 3 is 1.78 bits per heavy atom. The van der Waals surface area contributed by atoms with Crippen molar-refractivity contribution in [1.29, 1.82) is 0 Å². The van der Waals surface area contributed by atoms with Crippen LogP contribution in [0.4, 0.5) is 11.4 Å². The van der Waals surface area contributed by atoms with Crippen LogP contribution in [0.1, 0.15) is 11.1 Å². The maximum Gasteiger partial charge on any atom is 0.171 e. The van der Waals surface area contributed by atoms with Gasteiger partial charge in [0.1, 0.15) is 5.75 Å². The molecule has 0 spiro atoms. The van der Waals surface area contributed by atoms with Gasteiger partial charge < -0.3 is 9.67 Å². The number of rotatable bonds is 6. The van der Waals surface area contributed by atoms with Crippen LogP contribution in [0, 0.1) is 13.8 Å². The van der Waals surface area contributed by atoms with Gasteiger partial charge in [-0.2, -0.15) is 10.2 Å². The summed E-state index contributed by atoms with van der Waals surface area (Å²) in [6, 6.07) is 42.6. The van der Waals surface area contributed by atoms with Crippen molar-refractivity contribution >= 4 is 45.2 Å². The van der Waals surface area contributed by atoms with E-state index in [0.717, 1.165) is 43.6 Å². The van der Waals surface area contributed by atoms with Gasteiger partial charge in [-0.05, 0) is 59.5 Å². The van der Waals surface area contributed by atoms with Gasteiger partial charge in [-0.15, -0.1) is 0 Å². The molecule has 0 unspecified atom stereocenters. The Bertz CT molecular complexity index is 1910. The van der Waals surface area contributed by atoms with Gasteiger partial charge in [-0.3, -0.25) is 0 Å². The SMILES string of the molecule is Cc1ccc(-c2c(O)ccc3ccccc23)cc1N=Nc1cc(P(=O)(c2ccccc2)c2ccccc2)ccc1C. The van der Waals surface area contributed by atoms with E-state index in [2.05, 4.69) is 10.2 Å². The first-order valence-corrected chi connectivity index (χ1v) is 15.2. The molecule has 6 rings (SSSR count). The lowest BCUT2D eigenvalue weighted by molar-refractivity contribution is 0.478. The molecular formula is C36H29N2O2P. The molecule has 0 saturated heterocycles. The normalized spacial score (nSPS) is 11.8. The quantitative estimate of drug-likeness (QED) is 0.166. The maximum absolute atomic E-state index is 14.9. The molecule has 0 heterocycles. The van der Waals surface area contributed by atoms with Crippen molar-refractivity contribution < 1.29 is 9.67 Å². The van der Waals surface area contributed by atoms with E-state index in [1.165, 1.54) is 0 Å². The average molecular weight is 553 g/mol. The highest BCUT2D eigenvalue weighted by atomic mass is 31.2. The summed E-state index contributed by atoms with van der Waals surface area (Å²) in [6.45, 7) is 3.97. The van der Waals surface area contributed by atoms with E-state index in [1.807, 2.05) is 141 Å². The van der Waals surface area contributed by atoms with E-state index in [-0.39, 0.29) is 5.75 Å². The number of aryl methyl sites for hydroxylation is 2. The van der Waals surface area contributed by atoms with Crippen LogP contribution in [0.15, 0.2) is 144 Å². The van der Waals surface area contributed by atoms with Crippen LogP contribution < -0.4 is 15.9 Å². The Kier molecular flexibility index (Phi) is 7.09. The van der Waals surface area contributed by atoms with Crippen molar-refractivity contribution in [2.24, 2.45) is 10.2 Å². The molecule has 200 valence electrons. The lowest BCUT2D eigenvalue weighted by atomic mass is 9.96. The fraction of sp³-hybridized carbons (Fsp3) is 0.0556. The van der Waals surface area contributed by atoms with E-state index in [4.69, 9.17) is 0 Å². The average Bonchev–Trinajstić information content (AvgIpc) is 3.02. The zero-order valence-corrected chi connectivity index (χ0v) is 23.8. The number of aromatic hydroxyl groups is 1. The van der Waals surface area contributed by atoms with E-state index < -0.39 is 7.14 Å². The summed E-state index contributed by atoms with van der Waals surface area (Å²) in [5.41, 5.74) is 4.89. The molecule has 0 aliphatic heterocycles. The maximum atomic E-state index is 14.9. The number of phenols is 1. The molecule has 0 aromatic heterocycles. The van der Waals surface area contributed by atoms with E-state index in [1.54, 1.807) is 6.07 Å². The monoisotopic (exact) mass is 552 g/mol. The lowest BCUT2D eigenvalue weighted by Gasteiger charge is -2.20. The van der Waals surface area contributed by atoms with Crippen LogP contribution in [0.3, 0.4) is 0 Å².